The van der Waals surface area contributed by atoms with Crippen LogP contribution in [0, 0.1) is 0 Å². The number of quaternary nitrogens is 1. The minimum atomic E-state index is -0.709. The summed E-state index contributed by atoms with van der Waals surface area (Å²) in [4.78, 5) is 28.5. The van der Waals surface area contributed by atoms with E-state index >= 15 is 0 Å². The predicted octanol–water partition coefficient (Wildman–Crippen LogP) is 1.63. The predicted molar refractivity (Wildman–Crippen MR) is 111 cm³/mol. The van der Waals surface area contributed by atoms with Crippen molar-refractivity contribution in [3.05, 3.63) is 64.2 Å². The van der Waals surface area contributed by atoms with Gasteiger partial charge in [-0.15, -0.1) is 0 Å². The molecule has 2 heterocycles. The van der Waals surface area contributed by atoms with Gasteiger partial charge in [-0.3, -0.25) is 9.59 Å². The van der Waals surface area contributed by atoms with Crippen LogP contribution in [0.2, 0.25) is 5.02 Å². The third-order valence-electron chi connectivity index (χ3n) is 5.22. The largest absolute Gasteiger partial charge is 0.507 e. The number of carbonyl (C=O) groups is 2. The number of halogens is 1. The van der Waals surface area contributed by atoms with Gasteiger partial charge in [-0.1, -0.05) is 23.7 Å². The third kappa shape index (κ3) is 3.62. The van der Waals surface area contributed by atoms with E-state index in [-0.39, 0.29) is 18.1 Å². The molecule has 2 aliphatic heterocycles. The molecule has 1 atom stereocenters. The van der Waals surface area contributed by atoms with Crippen LogP contribution in [0.1, 0.15) is 17.2 Å². The molecule has 0 aliphatic carbocycles. The monoisotopic (exact) mass is 429 g/mol. The van der Waals surface area contributed by atoms with E-state index in [1.165, 1.54) is 4.90 Å². The second-order valence-corrected chi connectivity index (χ2v) is 8.01. The fourth-order valence-corrected chi connectivity index (χ4v) is 3.77. The molecule has 0 spiro atoms. The van der Waals surface area contributed by atoms with Gasteiger partial charge in [0, 0.05) is 10.6 Å². The van der Waals surface area contributed by atoms with E-state index in [0.29, 0.717) is 40.7 Å². The lowest BCUT2D eigenvalue weighted by Crippen LogP contribution is -3.06. The van der Waals surface area contributed by atoms with E-state index in [2.05, 4.69) is 0 Å². The average molecular weight is 430 g/mol. The number of nitrogens with one attached hydrogen (secondary N) is 1. The van der Waals surface area contributed by atoms with Crippen LogP contribution in [-0.4, -0.2) is 55.7 Å². The molecule has 7 nitrogen and oxygen atoms in total. The first-order valence-corrected chi connectivity index (χ1v) is 9.97. The van der Waals surface area contributed by atoms with Crippen LogP contribution in [0.15, 0.2) is 48.0 Å². The van der Waals surface area contributed by atoms with Gasteiger partial charge in [0.25, 0.3) is 11.7 Å². The van der Waals surface area contributed by atoms with E-state index in [4.69, 9.17) is 21.1 Å². The summed E-state index contributed by atoms with van der Waals surface area (Å²) in [5.74, 6) is -0.536. The molecule has 30 heavy (non-hydrogen) atoms. The first-order valence-electron chi connectivity index (χ1n) is 9.59. The van der Waals surface area contributed by atoms with Gasteiger partial charge in [0.2, 0.25) is 6.79 Å². The van der Waals surface area contributed by atoms with Crippen LogP contribution in [0.25, 0.3) is 5.76 Å². The quantitative estimate of drug-likeness (QED) is 0.429. The number of ketones is 1. The van der Waals surface area contributed by atoms with Crippen LogP contribution in [-0.2, 0) is 9.59 Å². The van der Waals surface area contributed by atoms with Crippen molar-refractivity contribution in [2.45, 2.75) is 6.04 Å². The fraction of sp³-hybridized carbons (Fsp3) is 0.273. The maximum atomic E-state index is 13.0. The maximum Gasteiger partial charge on any atom is 0.295 e. The number of nitrogens with zero attached hydrogens (tertiary/aromatic N) is 1. The van der Waals surface area contributed by atoms with Crippen molar-refractivity contribution in [1.29, 1.82) is 0 Å². The Bertz CT molecular complexity index is 1030. The van der Waals surface area contributed by atoms with Gasteiger partial charge >= 0.3 is 0 Å². The van der Waals surface area contributed by atoms with Gasteiger partial charge in [0.05, 0.1) is 38.8 Å². The molecule has 1 unspecified atom stereocenters. The van der Waals surface area contributed by atoms with Gasteiger partial charge < -0.3 is 24.4 Å². The summed E-state index contributed by atoms with van der Waals surface area (Å²) in [7, 11) is 3.95. The number of Topliss-reactive ketones (excluding diaryl/α,β-unsaturated/α-hetero) is 1. The molecular formula is C22H22ClN2O5+. The van der Waals surface area contributed by atoms with Gasteiger partial charge in [-0.2, -0.15) is 0 Å². The molecule has 2 aromatic carbocycles. The summed E-state index contributed by atoms with van der Waals surface area (Å²) in [6, 6.07) is 11.1. The number of aliphatic hydroxyl groups is 1. The lowest BCUT2D eigenvalue weighted by Gasteiger charge is -2.25. The van der Waals surface area contributed by atoms with Crippen molar-refractivity contribution < 1.29 is 29.1 Å². The molecule has 0 bridgehead atoms. The number of likely N-dealkylation sites (N-methyl/N-ethyl adjacent to an activating group) is 1. The molecule has 0 saturated carbocycles. The highest BCUT2D eigenvalue weighted by Crippen LogP contribution is 2.41. The van der Waals surface area contributed by atoms with Crippen molar-refractivity contribution >= 4 is 29.1 Å². The second kappa shape index (κ2) is 8.01. The molecule has 0 aromatic heterocycles. The molecule has 1 saturated heterocycles. The molecule has 2 N–H and O–H groups in total. The zero-order valence-electron chi connectivity index (χ0n) is 16.6. The molecule has 156 valence electrons. The van der Waals surface area contributed by atoms with Crippen LogP contribution >= 0.6 is 11.6 Å². The van der Waals surface area contributed by atoms with E-state index in [0.717, 1.165) is 4.90 Å². The summed E-state index contributed by atoms with van der Waals surface area (Å²) >= 11 is 6.03. The van der Waals surface area contributed by atoms with Gasteiger partial charge in [0.1, 0.15) is 5.76 Å². The number of rotatable bonds is 5. The van der Waals surface area contributed by atoms with Crippen molar-refractivity contribution in [2.24, 2.45) is 0 Å². The Balaban J connectivity index is 1.82. The number of aliphatic hydroxyl groups excluding tert-OH is 1. The Morgan fingerprint density at radius 1 is 1.13 bits per heavy atom. The van der Waals surface area contributed by atoms with Crippen LogP contribution < -0.4 is 14.4 Å². The van der Waals surface area contributed by atoms with Gasteiger partial charge in [-0.05, 0) is 35.9 Å². The second-order valence-electron chi connectivity index (χ2n) is 7.57. The third-order valence-corrected chi connectivity index (χ3v) is 5.48. The van der Waals surface area contributed by atoms with E-state index in [1.54, 1.807) is 42.5 Å². The molecule has 2 aromatic rings. The van der Waals surface area contributed by atoms with Crippen molar-refractivity contribution in [3.63, 3.8) is 0 Å². The highest BCUT2D eigenvalue weighted by molar-refractivity contribution is 6.46. The first kappa shape index (κ1) is 20.3. The Morgan fingerprint density at radius 2 is 1.83 bits per heavy atom. The van der Waals surface area contributed by atoms with Gasteiger partial charge in [-0.25, -0.2) is 0 Å². The van der Waals surface area contributed by atoms with Gasteiger partial charge in [0.15, 0.2) is 11.5 Å². The topological polar surface area (TPSA) is 80.5 Å². The molecule has 8 heteroatoms. The standard InChI is InChI=1S/C22H21ClN2O5/c1-24(2)9-10-25-19(13-3-6-15(23)7-4-13)18(21(27)22(25)28)20(26)14-5-8-16-17(11-14)30-12-29-16/h3-8,11,19,26H,9-10,12H2,1-2H3/p+1. The fourth-order valence-electron chi connectivity index (χ4n) is 3.65. The summed E-state index contributed by atoms with van der Waals surface area (Å²) in [6.45, 7) is 1.13. The Kier molecular flexibility index (Phi) is 5.40. The number of likely N-dealkylation sites (tertiary alicyclic amines) is 1. The lowest BCUT2D eigenvalue weighted by atomic mass is 9.95. The minimum Gasteiger partial charge on any atom is -0.507 e. The molecule has 1 amide bonds. The maximum absolute atomic E-state index is 13.0. The molecule has 4 rings (SSSR count). The summed E-state index contributed by atoms with van der Waals surface area (Å²) in [5.41, 5.74) is 1.14. The first-order chi connectivity index (χ1) is 14.4. The zero-order valence-corrected chi connectivity index (χ0v) is 17.4. The highest BCUT2D eigenvalue weighted by atomic mass is 35.5. The molecular weight excluding hydrogens is 408 g/mol. The number of amides is 1. The summed E-state index contributed by atoms with van der Waals surface area (Å²) in [6.07, 6.45) is 0. The van der Waals surface area contributed by atoms with Crippen LogP contribution in [0.4, 0.5) is 0 Å². The molecule has 1 fully saturated rings. The molecule has 2 aliphatic rings. The van der Waals surface area contributed by atoms with Crippen molar-refractivity contribution in [2.75, 3.05) is 34.0 Å². The number of carbonyl (C=O) groups excluding carboxylic acids is 2. The number of hydrogen-bond donors (Lipinski definition) is 2. The SMILES string of the molecule is C[NH+](C)CCN1C(=O)C(=O)C(=C(O)c2ccc3c(c2)OCO3)C1c1ccc(Cl)cc1. The van der Waals surface area contributed by atoms with Crippen LogP contribution in [0.3, 0.4) is 0 Å². The smallest absolute Gasteiger partial charge is 0.295 e. The number of hydrogen-bond acceptors (Lipinski definition) is 5. The molecule has 0 radical (unpaired) electrons. The number of ether oxygens (including phenoxy) is 2. The summed E-state index contributed by atoms with van der Waals surface area (Å²) < 4.78 is 10.7. The van der Waals surface area contributed by atoms with Crippen molar-refractivity contribution in [3.8, 4) is 11.5 Å². The minimum absolute atomic E-state index is 0.0509. The normalized spacial score (nSPS) is 19.7. The van der Waals surface area contributed by atoms with E-state index in [9.17, 15) is 14.7 Å². The average Bonchev–Trinajstić information content (AvgIpc) is 3.29. The lowest BCUT2D eigenvalue weighted by molar-refractivity contribution is -0.857. The number of benzene rings is 2. The Labute approximate surface area is 179 Å². The van der Waals surface area contributed by atoms with E-state index < -0.39 is 17.7 Å². The van der Waals surface area contributed by atoms with E-state index in [1.807, 2.05) is 14.1 Å². The number of fused-ring (bicyclic) bond motifs is 1. The van der Waals surface area contributed by atoms with Crippen molar-refractivity contribution in [1.82, 2.24) is 4.90 Å². The Hall–Kier alpha value is -3.03. The van der Waals surface area contributed by atoms with Crippen LogP contribution in [0.5, 0.6) is 11.5 Å². The Morgan fingerprint density at radius 3 is 2.53 bits per heavy atom. The zero-order chi connectivity index (χ0) is 21.4. The summed E-state index contributed by atoms with van der Waals surface area (Å²) in [5, 5.41) is 11.6. The highest BCUT2D eigenvalue weighted by Gasteiger charge is 2.46.